The molecular formula is C40H34F8N6O4S4. The summed E-state index contributed by atoms with van der Waals surface area (Å²) in [5.41, 5.74) is 2.39. The van der Waals surface area contributed by atoms with E-state index in [0.29, 0.717) is 77.5 Å². The zero-order chi connectivity index (χ0) is 44.3. The summed E-state index contributed by atoms with van der Waals surface area (Å²) in [5, 5.41) is 4.95. The molecule has 0 amide bonds. The van der Waals surface area contributed by atoms with Gasteiger partial charge in [0, 0.05) is 94.2 Å². The van der Waals surface area contributed by atoms with Gasteiger partial charge in [-0.2, -0.15) is 8.61 Å². The van der Waals surface area contributed by atoms with Crippen LogP contribution < -0.4 is 9.80 Å². The second-order valence-corrected chi connectivity index (χ2v) is 19.5. The summed E-state index contributed by atoms with van der Waals surface area (Å²) in [6.07, 6.45) is 0.606. The van der Waals surface area contributed by atoms with Gasteiger partial charge in [0.2, 0.25) is 20.0 Å². The molecule has 0 spiro atoms. The summed E-state index contributed by atoms with van der Waals surface area (Å²) in [4.78, 5) is 11.7. The molecule has 2 aliphatic rings. The summed E-state index contributed by atoms with van der Waals surface area (Å²) in [6, 6.07) is 11.8. The first-order valence-electron chi connectivity index (χ1n) is 18.6. The average molecular weight is 943 g/mol. The van der Waals surface area contributed by atoms with Crippen molar-refractivity contribution in [2.24, 2.45) is 0 Å². The van der Waals surface area contributed by atoms with Crippen molar-refractivity contribution in [3.05, 3.63) is 153 Å². The van der Waals surface area contributed by atoms with Crippen LogP contribution in [0.1, 0.15) is 22.5 Å². The molecule has 62 heavy (non-hydrogen) atoms. The van der Waals surface area contributed by atoms with E-state index < -0.39 is 76.4 Å². The van der Waals surface area contributed by atoms with Crippen molar-refractivity contribution < 1.29 is 52.0 Å². The number of anilines is 2. The first-order valence-corrected chi connectivity index (χ1v) is 23.3. The summed E-state index contributed by atoms with van der Waals surface area (Å²) in [7, 11) is -8.16. The average Bonchev–Trinajstić information content (AvgIpc) is 3.89. The Hall–Kier alpha value is -5.00. The zero-order valence-electron chi connectivity index (χ0n) is 32.1. The molecule has 2 fully saturated rings. The Morgan fingerprint density at radius 1 is 0.452 bits per heavy atom. The second-order valence-electron chi connectivity index (χ2n) is 14.1. The van der Waals surface area contributed by atoms with Crippen molar-refractivity contribution in [3.8, 4) is 0 Å². The highest BCUT2D eigenvalue weighted by molar-refractivity contribution is 7.89. The maximum atomic E-state index is 14.0. The summed E-state index contributed by atoms with van der Waals surface area (Å²) >= 11 is 2.72. The topological polar surface area (TPSA) is 107 Å². The van der Waals surface area contributed by atoms with Crippen LogP contribution in [0.25, 0.3) is 0 Å². The molecule has 0 N–H and O–H groups in total. The number of halogens is 8. The number of piperazine rings is 2. The van der Waals surface area contributed by atoms with Gasteiger partial charge in [-0.1, -0.05) is 6.07 Å². The fraction of sp³-hybridized carbons (Fsp3) is 0.250. The molecule has 0 unspecified atom stereocenters. The van der Waals surface area contributed by atoms with Crippen LogP contribution >= 0.6 is 22.7 Å². The molecule has 2 saturated heterocycles. The largest absolute Gasteiger partial charge is 0.345 e. The highest BCUT2D eigenvalue weighted by Gasteiger charge is 2.33. The lowest BCUT2D eigenvalue weighted by molar-refractivity contribution is 0.381. The normalized spacial score (nSPS) is 15.4. The van der Waals surface area contributed by atoms with Gasteiger partial charge in [0.1, 0.15) is 44.7 Å². The number of thiazole rings is 2. The van der Waals surface area contributed by atoms with E-state index in [1.54, 1.807) is 5.38 Å². The predicted octanol–water partition coefficient (Wildman–Crippen LogP) is 7.60. The molecule has 10 nitrogen and oxygen atoms in total. The highest BCUT2D eigenvalue weighted by Crippen LogP contribution is 2.29. The first kappa shape index (κ1) is 45.0. The molecule has 8 rings (SSSR count). The third-order valence-electron chi connectivity index (χ3n) is 9.80. The van der Waals surface area contributed by atoms with Crippen LogP contribution in [0.3, 0.4) is 0 Å². The van der Waals surface area contributed by atoms with Gasteiger partial charge in [-0.3, -0.25) is 0 Å². The van der Waals surface area contributed by atoms with Gasteiger partial charge in [-0.15, -0.1) is 22.7 Å². The Balaban J connectivity index is 0.000000186. The van der Waals surface area contributed by atoms with E-state index in [2.05, 4.69) is 9.97 Å². The van der Waals surface area contributed by atoms with Crippen LogP contribution in [0.4, 0.5) is 45.4 Å². The van der Waals surface area contributed by atoms with Crippen molar-refractivity contribution in [3.63, 3.8) is 0 Å². The fourth-order valence-electron chi connectivity index (χ4n) is 6.71. The van der Waals surface area contributed by atoms with E-state index in [0.717, 1.165) is 51.1 Å². The number of nitrogens with zero attached hydrogens (tertiary/aromatic N) is 6. The molecule has 0 aliphatic carbocycles. The molecule has 0 radical (unpaired) electrons. The van der Waals surface area contributed by atoms with Gasteiger partial charge < -0.3 is 9.80 Å². The Kier molecular flexibility index (Phi) is 13.6. The maximum absolute atomic E-state index is 14.0. The van der Waals surface area contributed by atoms with Crippen LogP contribution in [0.2, 0.25) is 0 Å². The monoisotopic (exact) mass is 942 g/mol. The fourth-order valence-corrected chi connectivity index (χ4v) is 11.4. The SMILES string of the molecule is O=S(=O)(c1ccc(F)cc1F)N1CCN(c2nc(Cc3cc(F)cc(F)c3)cs2)CC1.O=S(=O)(c1ccc(F)cc1F)N1CCN(c2nc(Cc3ccc(F)c(F)c3)cs2)CC1. The number of hydrogen-bond donors (Lipinski definition) is 0. The summed E-state index contributed by atoms with van der Waals surface area (Å²) in [6.45, 7) is 1.84. The minimum atomic E-state index is -4.08. The van der Waals surface area contributed by atoms with Crippen molar-refractivity contribution in [1.29, 1.82) is 0 Å². The quantitative estimate of drug-likeness (QED) is 0.129. The predicted molar refractivity (Wildman–Crippen MR) is 217 cm³/mol. The van der Waals surface area contributed by atoms with Crippen molar-refractivity contribution in [2.75, 3.05) is 62.2 Å². The number of hydrogen-bond acceptors (Lipinski definition) is 10. The van der Waals surface area contributed by atoms with E-state index in [1.165, 1.54) is 40.9 Å². The van der Waals surface area contributed by atoms with Crippen molar-refractivity contribution in [2.45, 2.75) is 22.6 Å². The van der Waals surface area contributed by atoms with E-state index >= 15 is 0 Å². The number of aromatic nitrogens is 2. The highest BCUT2D eigenvalue weighted by atomic mass is 32.2. The van der Waals surface area contributed by atoms with Gasteiger partial charge in [0.05, 0.1) is 11.4 Å². The lowest BCUT2D eigenvalue weighted by Crippen LogP contribution is -2.48. The molecule has 22 heteroatoms. The number of sulfonamides is 2. The van der Waals surface area contributed by atoms with Gasteiger partial charge in [0.25, 0.3) is 0 Å². The van der Waals surface area contributed by atoms with Crippen LogP contribution in [0, 0.1) is 46.5 Å². The van der Waals surface area contributed by atoms with E-state index in [-0.39, 0.29) is 32.6 Å². The standard InChI is InChI=1S/2C20H17F4N3O2S2/c21-14-2-4-19(18(24)11-14)31(28,29)27-7-5-26(6-8-27)20-25-15(12-30-20)9-13-1-3-16(22)17(23)10-13;21-14-1-2-19(18(24)11-14)31(28,29)27-5-3-26(4-6-27)20-25-17(12-30-20)9-13-7-15(22)10-16(23)8-13/h1-4,10-12H,5-9H2;1-2,7-8,10-12H,3-6,9H2. The first-order chi connectivity index (χ1) is 29.5. The maximum Gasteiger partial charge on any atom is 0.246 e. The number of benzene rings is 4. The van der Waals surface area contributed by atoms with Crippen LogP contribution in [0.15, 0.2) is 93.3 Å². The van der Waals surface area contributed by atoms with Crippen LogP contribution in [0.5, 0.6) is 0 Å². The molecule has 0 saturated carbocycles. The van der Waals surface area contributed by atoms with Gasteiger partial charge in [-0.25, -0.2) is 61.9 Å². The van der Waals surface area contributed by atoms with Gasteiger partial charge in [-0.05, 0) is 59.7 Å². The molecule has 6 aromatic rings. The van der Waals surface area contributed by atoms with Crippen molar-refractivity contribution >= 4 is 53.0 Å². The summed E-state index contributed by atoms with van der Waals surface area (Å²) < 4.78 is 160. The molecule has 2 aromatic heterocycles. The van der Waals surface area contributed by atoms with E-state index in [1.807, 2.05) is 15.2 Å². The minimum absolute atomic E-state index is 0.114. The smallest absolute Gasteiger partial charge is 0.246 e. The molecule has 0 bridgehead atoms. The molecule has 328 valence electrons. The lowest BCUT2D eigenvalue weighted by atomic mass is 10.1. The second kappa shape index (κ2) is 18.8. The Morgan fingerprint density at radius 3 is 1.31 bits per heavy atom. The Bertz CT molecular complexity index is 2780. The Labute approximate surface area is 359 Å². The third kappa shape index (κ3) is 10.4. The van der Waals surface area contributed by atoms with Crippen LogP contribution in [-0.4, -0.2) is 87.8 Å². The zero-order valence-corrected chi connectivity index (χ0v) is 35.4. The Morgan fingerprint density at radius 2 is 0.887 bits per heavy atom. The molecule has 2 aliphatic heterocycles. The minimum Gasteiger partial charge on any atom is -0.345 e. The molecular weight excluding hydrogens is 909 g/mol. The van der Waals surface area contributed by atoms with Gasteiger partial charge >= 0.3 is 0 Å². The van der Waals surface area contributed by atoms with E-state index in [9.17, 15) is 52.0 Å². The van der Waals surface area contributed by atoms with Gasteiger partial charge in [0.15, 0.2) is 21.9 Å². The third-order valence-corrected chi connectivity index (χ3v) is 15.6. The van der Waals surface area contributed by atoms with E-state index in [4.69, 9.17) is 0 Å². The number of rotatable bonds is 10. The molecule has 4 heterocycles. The van der Waals surface area contributed by atoms with Crippen LogP contribution in [-0.2, 0) is 32.9 Å². The molecule has 0 atom stereocenters. The molecule has 4 aromatic carbocycles. The summed E-state index contributed by atoms with van der Waals surface area (Å²) in [5.74, 6) is -7.06. The lowest BCUT2D eigenvalue weighted by Gasteiger charge is -2.33. The van der Waals surface area contributed by atoms with Crippen molar-refractivity contribution in [1.82, 2.24) is 18.6 Å².